The van der Waals surface area contributed by atoms with Crippen LogP contribution in [0.3, 0.4) is 0 Å². The number of rotatable bonds is 5. The molecule has 0 aliphatic rings. The molecule has 3 N–H and O–H groups in total. The maximum absolute atomic E-state index is 11.6. The summed E-state index contributed by atoms with van der Waals surface area (Å²) in [6, 6.07) is 5.45. The lowest BCUT2D eigenvalue weighted by Crippen LogP contribution is -2.13. The van der Waals surface area contributed by atoms with E-state index in [0.717, 1.165) is 23.2 Å². The fourth-order valence-corrected chi connectivity index (χ4v) is 1.69. The number of carbonyl (C=O) groups excluding carboxylic acids is 1. The van der Waals surface area contributed by atoms with Gasteiger partial charge in [0.05, 0.1) is 0 Å². The van der Waals surface area contributed by atoms with Gasteiger partial charge >= 0.3 is 0 Å². The Kier molecular flexibility index (Phi) is 3.94. The Morgan fingerprint density at radius 1 is 1.50 bits per heavy atom. The number of aryl methyl sites for hydroxylation is 1. The van der Waals surface area contributed by atoms with Gasteiger partial charge in [0.1, 0.15) is 5.52 Å². The molecule has 0 spiro atoms. The minimum atomic E-state index is -0.0287. The highest BCUT2D eigenvalue weighted by Crippen LogP contribution is 2.20. The van der Waals surface area contributed by atoms with Crippen molar-refractivity contribution in [1.29, 1.82) is 0 Å². The maximum Gasteiger partial charge on any atom is 0.224 e. The van der Waals surface area contributed by atoms with Gasteiger partial charge in [-0.1, -0.05) is 6.92 Å². The summed E-state index contributed by atoms with van der Waals surface area (Å²) in [5.41, 5.74) is 7.61. The number of oxazole rings is 1. The first-order chi connectivity index (χ1) is 8.72. The van der Waals surface area contributed by atoms with Gasteiger partial charge in [0, 0.05) is 18.5 Å². The Labute approximate surface area is 105 Å². The van der Waals surface area contributed by atoms with Crippen LogP contribution < -0.4 is 11.1 Å². The van der Waals surface area contributed by atoms with Crippen LogP contribution in [0.2, 0.25) is 0 Å². The smallest absolute Gasteiger partial charge is 0.224 e. The monoisotopic (exact) mass is 247 g/mol. The minimum Gasteiger partial charge on any atom is -0.441 e. The van der Waals surface area contributed by atoms with Crippen molar-refractivity contribution in [1.82, 2.24) is 4.98 Å². The topological polar surface area (TPSA) is 81.2 Å². The number of fused-ring (bicyclic) bond motifs is 1. The molecule has 5 nitrogen and oxygen atoms in total. The van der Waals surface area contributed by atoms with Gasteiger partial charge in [-0.05, 0) is 31.2 Å². The largest absolute Gasteiger partial charge is 0.441 e. The fraction of sp³-hybridized carbons (Fsp3) is 0.385. The molecule has 1 amide bonds. The Morgan fingerprint density at radius 3 is 3.06 bits per heavy atom. The second-order valence-corrected chi connectivity index (χ2v) is 4.08. The molecule has 1 aromatic carbocycles. The molecule has 1 heterocycles. The number of hydrogen-bond donors (Lipinski definition) is 2. The molecule has 0 saturated carbocycles. The highest BCUT2D eigenvalue weighted by atomic mass is 16.3. The quantitative estimate of drug-likeness (QED) is 0.847. The zero-order valence-corrected chi connectivity index (χ0v) is 10.4. The van der Waals surface area contributed by atoms with Crippen molar-refractivity contribution >= 4 is 22.7 Å². The summed E-state index contributed by atoms with van der Waals surface area (Å²) in [4.78, 5) is 15.9. The van der Waals surface area contributed by atoms with Crippen LogP contribution in [0, 0.1) is 0 Å². The van der Waals surface area contributed by atoms with E-state index in [0.29, 0.717) is 25.3 Å². The number of amides is 1. The zero-order valence-electron chi connectivity index (χ0n) is 10.4. The summed E-state index contributed by atoms with van der Waals surface area (Å²) >= 11 is 0. The van der Waals surface area contributed by atoms with E-state index in [9.17, 15) is 4.79 Å². The first kappa shape index (κ1) is 12.6. The molecule has 0 atom stereocenters. The van der Waals surface area contributed by atoms with E-state index in [1.807, 2.05) is 25.1 Å². The Hall–Kier alpha value is -1.88. The Balaban J connectivity index is 2.11. The molecular formula is C13H17N3O2. The summed E-state index contributed by atoms with van der Waals surface area (Å²) < 4.78 is 5.50. The molecule has 0 unspecified atom stereocenters. The van der Waals surface area contributed by atoms with E-state index >= 15 is 0 Å². The van der Waals surface area contributed by atoms with Crippen LogP contribution in [0.5, 0.6) is 0 Å². The summed E-state index contributed by atoms with van der Waals surface area (Å²) in [5, 5.41) is 2.82. The Morgan fingerprint density at radius 2 is 2.33 bits per heavy atom. The summed E-state index contributed by atoms with van der Waals surface area (Å²) in [7, 11) is 0. The van der Waals surface area contributed by atoms with Gasteiger partial charge in [0.2, 0.25) is 5.91 Å². The normalized spacial score (nSPS) is 10.8. The number of hydrogen-bond acceptors (Lipinski definition) is 4. The molecule has 0 saturated heterocycles. The van der Waals surface area contributed by atoms with Crippen LogP contribution in [0.25, 0.3) is 11.1 Å². The molecule has 5 heteroatoms. The first-order valence-electron chi connectivity index (χ1n) is 6.12. The van der Waals surface area contributed by atoms with Crippen molar-refractivity contribution in [3.05, 3.63) is 24.1 Å². The SMILES string of the molecule is CCc1nc2cc(NC(=O)CCCN)ccc2o1. The van der Waals surface area contributed by atoms with E-state index in [-0.39, 0.29) is 5.91 Å². The molecule has 0 aliphatic carbocycles. The van der Waals surface area contributed by atoms with E-state index in [1.54, 1.807) is 0 Å². The van der Waals surface area contributed by atoms with Crippen LogP contribution >= 0.6 is 0 Å². The average molecular weight is 247 g/mol. The fourth-order valence-electron chi connectivity index (χ4n) is 1.69. The van der Waals surface area contributed by atoms with Gasteiger partial charge in [-0.2, -0.15) is 0 Å². The molecule has 0 fully saturated rings. The Bertz CT molecular complexity index is 548. The molecule has 2 aromatic rings. The van der Waals surface area contributed by atoms with E-state index < -0.39 is 0 Å². The first-order valence-corrected chi connectivity index (χ1v) is 6.12. The number of nitrogens with zero attached hydrogens (tertiary/aromatic N) is 1. The predicted molar refractivity (Wildman–Crippen MR) is 70.3 cm³/mol. The lowest BCUT2D eigenvalue weighted by molar-refractivity contribution is -0.116. The van der Waals surface area contributed by atoms with Crippen molar-refractivity contribution in [3.8, 4) is 0 Å². The van der Waals surface area contributed by atoms with Crippen molar-refractivity contribution < 1.29 is 9.21 Å². The highest BCUT2D eigenvalue weighted by Gasteiger charge is 2.06. The number of aromatic nitrogens is 1. The third kappa shape index (κ3) is 2.87. The number of nitrogens with two attached hydrogens (primary N) is 1. The van der Waals surface area contributed by atoms with E-state index in [2.05, 4.69) is 10.3 Å². The van der Waals surface area contributed by atoms with Crippen LogP contribution in [0.15, 0.2) is 22.6 Å². The van der Waals surface area contributed by atoms with Crippen molar-refractivity contribution in [2.75, 3.05) is 11.9 Å². The third-order valence-electron chi connectivity index (χ3n) is 2.63. The molecule has 1 aromatic heterocycles. The molecule has 2 rings (SSSR count). The third-order valence-corrected chi connectivity index (χ3v) is 2.63. The van der Waals surface area contributed by atoms with Crippen molar-refractivity contribution in [2.24, 2.45) is 5.73 Å². The van der Waals surface area contributed by atoms with Crippen LogP contribution in [0.1, 0.15) is 25.7 Å². The van der Waals surface area contributed by atoms with Gasteiger partial charge in [-0.15, -0.1) is 0 Å². The lowest BCUT2D eigenvalue weighted by Gasteiger charge is -2.03. The molecule has 18 heavy (non-hydrogen) atoms. The molecule has 0 aliphatic heterocycles. The average Bonchev–Trinajstić information content (AvgIpc) is 2.78. The number of benzene rings is 1. The molecular weight excluding hydrogens is 230 g/mol. The van der Waals surface area contributed by atoms with Gasteiger partial charge in [-0.3, -0.25) is 4.79 Å². The van der Waals surface area contributed by atoms with E-state index in [4.69, 9.17) is 10.2 Å². The summed E-state index contributed by atoms with van der Waals surface area (Å²) in [5.74, 6) is 0.676. The van der Waals surface area contributed by atoms with Crippen LogP contribution in [0.4, 0.5) is 5.69 Å². The maximum atomic E-state index is 11.6. The molecule has 96 valence electrons. The van der Waals surface area contributed by atoms with Gasteiger partial charge in [-0.25, -0.2) is 4.98 Å². The van der Waals surface area contributed by atoms with Crippen molar-refractivity contribution in [2.45, 2.75) is 26.2 Å². The summed E-state index contributed by atoms with van der Waals surface area (Å²) in [6.45, 7) is 2.51. The number of carbonyl (C=O) groups is 1. The second-order valence-electron chi connectivity index (χ2n) is 4.08. The predicted octanol–water partition coefficient (Wildman–Crippen LogP) is 2.07. The molecule has 0 bridgehead atoms. The van der Waals surface area contributed by atoms with Crippen molar-refractivity contribution in [3.63, 3.8) is 0 Å². The van der Waals surface area contributed by atoms with E-state index in [1.165, 1.54) is 0 Å². The lowest BCUT2D eigenvalue weighted by atomic mass is 10.2. The second kappa shape index (κ2) is 5.64. The minimum absolute atomic E-state index is 0.0287. The van der Waals surface area contributed by atoms with Gasteiger partial charge < -0.3 is 15.5 Å². The zero-order chi connectivity index (χ0) is 13.0. The van der Waals surface area contributed by atoms with Crippen LogP contribution in [-0.4, -0.2) is 17.4 Å². The highest BCUT2D eigenvalue weighted by molar-refractivity contribution is 5.92. The number of nitrogens with one attached hydrogen (secondary N) is 1. The van der Waals surface area contributed by atoms with Gasteiger partial charge in [0.15, 0.2) is 11.5 Å². The molecule has 0 radical (unpaired) electrons. The van der Waals surface area contributed by atoms with Gasteiger partial charge in [0.25, 0.3) is 0 Å². The number of anilines is 1. The van der Waals surface area contributed by atoms with Crippen LogP contribution in [-0.2, 0) is 11.2 Å². The summed E-state index contributed by atoms with van der Waals surface area (Å²) in [6.07, 6.45) is 1.89. The standard InChI is InChI=1S/C13H17N3O2/c1-2-13-16-10-8-9(5-6-11(10)18-13)15-12(17)4-3-7-14/h5-6,8H,2-4,7,14H2,1H3,(H,15,17).